The predicted molar refractivity (Wildman–Crippen MR) is 73.8 cm³/mol. The zero-order chi connectivity index (χ0) is 12.8. The summed E-state index contributed by atoms with van der Waals surface area (Å²) in [4.78, 5) is 4.44. The van der Waals surface area contributed by atoms with Crippen LogP contribution in [0.4, 0.5) is 0 Å². The van der Waals surface area contributed by atoms with Gasteiger partial charge in [-0.15, -0.1) is 0 Å². The van der Waals surface area contributed by atoms with E-state index in [1.54, 1.807) is 0 Å². The van der Waals surface area contributed by atoms with Crippen LogP contribution in [0.15, 0.2) is 10.6 Å². The quantitative estimate of drug-likeness (QED) is 0.786. The van der Waals surface area contributed by atoms with Crippen molar-refractivity contribution in [1.29, 1.82) is 0 Å². The Morgan fingerprint density at radius 3 is 2.83 bits per heavy atom. The Labute approximate surface area is 110 Å². The molecule has 0 saturated heterocycles. The molecule has 18 heavy (non-hydrogen) atoms. The van der Waals surface area contributed by atoms with E-state index in [-0.39, 0.29) is 5.41 Å². The minimum Gasteiger partial charge on any atom is -0.445 e. The third kappa shape index (κ3) is 3.35. The Morgan fingerprint density at radius 2 is 2.11 bits per heavy atom. The highest BCUT2D eigenvalue weighted by Crippen LogP contribution is 2.39. The van der Waals surface area contributed by atoms with Gasteiger partial charge in [-0.05, 0) is 32.4 Å². The number of rotatable bonds is 6. The fourth-order valence-electron chi connectivity index (χ4n) is 2.82. The molecule has 1 aromatic heterocycles. The van der Waals surface area contributed by atoms with Crippen molar-refractivity contribution in [2.45, 2.75) is 64.2 Å². The maximum atomic E-state index is 5.97. The Kier molecular flexibility index (Phi) is 4.81. The Balaban J connectivity index is 1.88. The first-order valence-electron chi connectivity index (χ1n) is 7.40. The van der Waals surface area contributed by atoms with Crippen LogP contribution in [0.5, 0.6) is 0 Å². The first-order valence-corrected chi connectivity index (χ1v) is 7.40. The molecule has 0 spiro atoms. The summed E-state index contributed by atoms with van der Waals surface area (Å²) in [7, 11) is 0. The van der Waals surface area contributed by atoms with Crippen LogP contribution in [0.2, 0.25) is 0 Å². The van der Waals surface area contributed by atoms with E-state index in [1.165, 1.54) is 32.1 Å². The zero-order valence-electron chi connectivity index (χ0n) is 11.8. The number of hydrogen-bond donors (Lipinski definition) is 1. The van der Waals surface area contributed by atoms with Crippen LogP contribution >= 0.6 is 0 Å². The van der Waals surface area contributed by atoms with Crippen molar-refractivity contribution in [3.8, 4) is 0 Å². The summed E-state index contributed by atoms with van der Waals surface area (Å²) in [6, 6.07) is 0. The summed E-state index contributed by atoms with van der Waals surface area (Å²) in [6.45, 7) is 6.54. The molecule has 1 N–H and O–H groups in total. The molecule has 1 aliphatic rings. The Morgan fingerprint density at radius 1 is 1.33 bits per heavy atom. The van der Waals surface area contributed by atoms with E-state index in [9.17, 15) is 0 Å². The van der Waals surface area contributed by atoms with Crippen LogP contribution in [-0.4, -0.2) is 18.1 Å². The van der Waals surface area contributed by atoms with Crippen molar-refractivity contribution in [2.75, 3.05) is 13.1 Å². The Hall–Kier alpha value is -0.830. The molecule has 1 saturated carbocycles. The molecule has 3 heteroatoms. The van der Waals surface area contributed by atoms with Crippen LogP contribution in [0, 0.1) is 0 Å². The van der Waals surface area contributed by atoms with E-state index in [0.717, 1.165) is 37.6 Å². The molecular formula is C15H26N2O. The van der Waals surface area contributed by atoms with Crippen molar-refractivity contribution < 1.29 is 4.42 Å². The van der Waals surface area contributed by atoms with Gasteiger partial charge in [0.05, 0.1) is 6.20 Å². The van der Waals surface area contributed by atoms with Crippen LogP contribution in [-0.2, 0) is 11.8 Å². The van der Waals surface area contributed by atoms with Crippen molar-refractivity contribution in [3.05, 3.63) is 17.8 Å². The van der Waals surface area contributed by atoms with Crippen molar-refractivity contribution in [1.82, 2.24) is 10.3 Å². The minimum atomic E-state index is 0.241. The SMILES string of the molecule is CCNCCCc1ncc(C2(C)CCCCC2)o1. The van der Waals surface area contributed by atoms with Crippen molar-refractivity contribution >= 4 is 0 Å². The molecule has 3 nitrogen and oxygen atoms in total. The molecular weight excluding hydrogens is 224 g/mol. The summed E-state index contributed by atoms with van der Waals surface area (Å²) in [5.41, 5.74) is 0.241. The summed E-state index contributed by atoms with van der Waals surface area (Å²) in [5.74, 6) is 2.02. The molecule has 0 amide bonds. The fraction of sp³-hybridized carbons (Fsp3) is 0.800. The van der Waals surface area contributed by atoms with Gasteiger partial charge in [0.1, 0.15) is 5.76 Å². The molecule has 1 heterocycles. The summed E-state index contributed by atoms with van der Waals surface area (Å²) in [6.07, 6.45) is 10.5. The van der Waals surface area contributed by atoms with Gasteiger partial charge in [0.2, 0.25) is 0 Å². The fourth-order valence-corrected chi connectivity index (χ4v) is 2.82. The van der Waals surface area contributed by atoms with Gasteiger partial charge in [-0.25, -0.2) is 4.98 Å². The molecule has 1 aliphatic carbocycles. The smallest absolute Gasteiger partial charge is 0.194 e. The number of aromatic nitrogens is 1. The topological polar surface area (TPSA) is 38.1 Å². The lowest BCUT2D eigenvalue weighted by molar-refractivity contribution is 0.260. The average Bonchev–Trinajstić information content (AvgIpc) is 2.85. The summed E-state index contributed by atoms with van der Waals surface area (Å²) < 4.78 is 5.97. The number of hydrogen-bond acceptors (Lipinski definition) is 3. The zero-order valence-corrected chi connectivity index (χ0v) is 11.8. The van der Waals surface area contributed by atoms with E-state index in [4.69, 9.17) is 4.42 Å². The second-order valence-corrected chi connectivity index (χ2v) is 5.70. The van der Waals surface area contributed by atoms with Crippen LogP contribution in [0.3, 0.4) is 0 Å². The number of nitrogens with zero attached hydrogens (tertiary/aromatic N) is 1. The lowest BCUT2D eigenvalue weighted by Crippen LogP contribution is -2.24. The second kappa shape index (κ2) is 6.37. The first kappa shape index (κ1) is 13.6. The molecule has 0 radical (unpaired) electrons. The van der Waals surface area contributed by atoms with Crippen LogP contribution in [0.1, 0.15) is 64.0 Å². The first-order chi connectivity index (χ1) is 8.74. The predicted octanol–water partition coefficient (Wildman–Crippen LogP) is 3.44. The largest absolute Gasteiger partial charge is 0.445 e. The van der Waals surface area contributed by atoms with Gasteiger partial charge in [-0.3, -0.25) is 0 Å². The monoisotopic (exact) mass is 250 g/mol. The maximum absolute atomic E-state index is 5.97. The number of nitrogens with one attached hydrogen (secondary N) is 1. The second-order valence-electron chi connectivity index (χ2n) is 5.70. The Bertz CT molecular complexity index is 353. The lowest BCUT2D eigenvalue weighted by Gasteiger charge is -2.30. The highest BCUT2D eigenvalue weighted by Gasteiger charge is 2.32. The molecule has 0 atom stereocenters. The standard InChI is InChI=1S/C15H26N2O/c1-3-16-11-7-8-14-17-12-13(18-14)15(2)9-5-4-6-10-15/h12,16H,3-11H2,1-2H3. The molecule has 0 aliphatic heterocycles. The molecule has 2 rings (SSSR count). The minimum absolute atomic E-state index is 0.241. The number of oxazole rings is 1. The van der Waals surface area contributed by atoms with Gasteiger partial charge in [0.25, 0.3) is 0 Å². The molecule has 102 valence electrons. The number of aryl methyl sites for hydroxylation is 1. The van der Waals surface area contributed by atoms with Gasteiger partial charge in [-0.2, -0.15) is 0 Å². The molecule has 0 bridgehead atoms. The van der Waals surface area contributed by atoms with Gasteiger partial charge in [0, 0.05) is 11.8 Å². The van der Waals surface area contributed by atoms with Crippen LogP contribution < -0.4 is 5.32 Å². The third-order valence-electron chi connectivity index (χ3n) is 4.10. The summed E-state index contributed by atoms with van der Waals surface area (Å²) >= 11 is 0. The molecule has 0 aromatic carbocycles. The maximum Gasteiger partial charge on any atom is 0.194 e. The highest BCUT2D eigenvalue weighted by molar-refractivity contribution is 5.11. The molecule has 1 fully saturated rings. The average molecular weight is 250 g/mol. The van der Waals surface area contributed by atoms with E-state index in [0.29, 0.717) is 0 Å². The van der Waals surface area contributed by atoms with Gasteiger partial charge >= 0.3 is 0 Å². The molecule has 0 unspecified atom stereocenters. The van der Waals surface area contributed by atoms with Gasteiger partial charge < -0.3 is 9.73 Å². The van der Waals surface area contributed by atoms with Crippen molar-refractivity contribution in [3.63, 3.8) is 0 Å². The highest BCUT2D eigenvalue weighted by atomic mass is 16.4. The van der Waals surface area contributed by atoms with Crippen molar-refractivity contribution in [2.24, 2.45) is 0 Å². The van der Waals surface area contributed by atoms with Gasteiger partial charge in [-0.1, -0.05) is 33.1 Å². The van der Waals surface area contributed by atoms with E-state index >= 15 is 0 Å². The lowest BCUT2D eigenvalue weighted by atomic mass is 9.74. The normalized spacial score (nSPS) is 19.0. The summed E-state index contributed by atoms with van der Waals surface area (Å²) in [5, 5.41) is 3.33. The third-order valence-corrected chi connectivity index (χ3v) is 4.10. The van der Waals surface area contributed by atoms with E-state index < -0.39 is 0 Å². The van der Waals surface area contributed by atoms with E-state index in [1.807, 2.05) is 6.20 Å². The van der Waals surface area contributed by atoms with Crippen LogP contribution in [0.25, 0.3) is 0 Å². The molecule has 1 aromatic rings. The van der Waals surface area contributed by atoms with Gasteiger partial charge in [0.15, 0.2) is 5.89 Å². The van der Waals surface area contributed by atoms with E-state index in [2.05, 4.69) is 24.1 Å².